The van der Waals surface area contributed by atoms with Crippen LogP contribution in [0.4, 0.5) is 5.69 Å². The molecule has 7 nitrogen and oxygen atoms in total. The van der Waals surface area contributed by atoms with Crippen molar-refractivity contribution in [2.45, 2.75) is 37.8 Å². The molecule has 0 unspecified atom stereocenters. The zero-order valence-corrected chi connectivity index (χ0v) is 20.5. The van der Waals surface area contributed by atoms with Crippen molar-refractivity contribution < 1.29 is 19.1 Å². The lowest BCUT2D eigenvalue weighted by Crippen LogP contribution is -2.49. The summed E-state index contributed by atoms with van der Waals surface area (Å²) in [5, 5.41) is 9.53. The first-order chi connectivity index (χ1) is 16.6. The maximum atomic E-state index is 13.6. The van der Waals surface area contributed by atoms with E-state index in [0.717, 1.165) is 30.6 Å². The summed E-state index contributed by atoms with van der Waals surface area (Å²) in [6.07, 6.45) is 4.03. The molecule has 3 amide bonds. The van der Waals surface area contributed by atoms with E-state index in [1.165, 1.54) is 34.7 Å². The Bertz CT molecular complexity index is 1110. The Balaban J connectivity index is 1.67. The number of nitrogens with one attached hydrogen (secondary N) is 2. The number of nitrogens with zero attached hydrogens (tertiary/aromatic N) is 1. The Labute approximate surface area is 206 Å². The number of benzene rings is 1. The quantitative estimate of drug-likeness (QED) is 0.459. The van der Waals surface area contributed by atoms with Gasteiger partial charge in [0.25, 0.3) is 5.91 Å². The minimum absolute atomic E-state index is 0.100. The van der Waals surface area contributed by atoms with Gasteiger partial charge in [-0.2, -0.15) is 0 Å². The number of rotatable bonds is 9. The van der Waals surface area contributed by atoms with Crippen molar-refractivity contribution in [3.8, 4) is 5.75 Å². The maximum absolute atomic E-state index is 13.6. The molecule has 2 N–H and O–H groups in total. The third-order valence-electron chi connectivity index (χ3n) is 5.78. The van der Waals surface area contributed by atoms with Gasteiger partial charge in [0.05, 0.1) is 24.2 Å². The number of amides is 3. The van der Waals surface area contributed by atoms with Crippen LogP contribution in [0.25, 0.3) is 0 Å². The van der Waals surface area contributed by atoms with E-state index < -0.39 is 11.9 Å². The van der Waals surface area contributed by atoms with Crippen LogP contribution in [0.15, 0.2) is 59.3 Å². The average Bonchev–Trinajstić information content (AvgIpc) is 3.64. The smallest absolute Gasteiger partial charge is 0.261 e. The van der Waals surface area contributed by atoms with E-state index in [2.05, 4.69) is 10.6 Å². The lowest BCUT2D eigenvalue weighted by Gasteiger charge is -2.32. The van der Waals surface area contributed by atoms with E-state index in [0.29, 0.717) is 16.3 Å². The number of ether oxygens (including phenoxy) is 1. The number of methoxy groups -OCH3 is 1. The van der Waals surface area contributed by atoms with Crippen molar-refractivity contribution in [2.24, 2.45) is 0 Å². The van der Waals surface area contributed by atoms with Gasteiger partial charge in [-0.25, -0.2) is 0 Å². The van der Waals surface area contributed by atoms with Gasteiger partial charge >= 0.3 is 0 Å². The van der Waals surface area contributed by atoms with E-state index in [4.69, 9.17) is 4.74 Å². The van der Waals surface area contributed by atoms with Crippen LogP contribution in [0.5, 0.6) is 5.75 Å². The number of hydrogen-bond acceptors (Lipinski definition) is 6. The van der Waals surface area contributed by atoms with E-state index in [9.17, 15) is 14.4 Å². The van der Waals surface area contributed by atoms with Gasteiger partial charge in [0, 0.05) is 10.9 Å². The van der Waals surface area contributed by atoms with Gasteiger partial charge in [-0.1, -0.05) is 37.1 Å². The SMILES string of the molecule is COc1ccccc1N(C(=O)CNC(=O)c1cccs1)[C@H](C(=O)NC1CCCC1)c1cccs1. The predicted octanol–water partition coefficient (Wildman–Crippen LogP) is 4.38. The van der Waals surface area contributed by atoms with Gasteiger partial charge in [0.1, 0.15) is 11.8 Å². The Hall–Kier alpha value is -3.17. The summed E-state index contributed by atoms with van der Waals surface area (Å²) >= 11 is 2.71. The van der Waals surface area contributed by atoms with Crippen molar-refractivity contribution in [1.29, 1.82) is 0 Å². The summed E-state index contributed by atoms with van der Waals surface area (Å²) in [4.78, 5) is 42.4. The molecule has 1 aliphatic carbocycles. The second-order valence-electron chi connectivity index (χ2n) is 8.00. The summed E-state index contributed by atoms with van der Waals surface area (Å²) in [7, 11) is 1.53. The molecule has 2 heterocycles. The summed E-state index contributed by atoms with van der Waals surface area (Å²) in [6.45, 7) is -0.257. The van der Waals surface area contributed by atoms with Crippen molar-refractivity contribution in [3.63, 3.8) is 0 Å². The number of carbonyl (C=O) groups excluding carboxylic acids is 3. The molecule has 1 saturated carbocycles. The summed E-state index contributed by atoms with van der Waals surface area (Å²) in [5.41, 5.74) is 0.473. The predicted molar refractivity (Wildman–Crippen MR) is 135 cm³/mol. The molecule has 178 valence electrons. The molecular weight excluding hydrogens is 470 g/mol. The monoisotopic (exact) mass is 497 g/mol. The maximum Gasteiger partial charge on any atom is 0.261 e. The summed E-state index contributed by atoms with van der Waals surface area (Å²) in [5.74, 6) is -0.505. The fourth-order valence-corrected chi connectivity index (χ4v) is 5.61. The summed E-state index contributed by atoms with van der Waals surface area (Å²) < 4.78 is 5.53. The van der Waals surface area contributed by atoms with Gasteiger partial charge in [0.2, 0.25) is 11.8 Å². The van der Waals surface area contributed by atoms with Crippen LogP contribution in [-0.2, 0) is 9.59 Å². The van der Waals surface area contributed by atoms with Gasteiger partial charge in [-0.3, -0.25) is 19.3 Å². The highest BCUT2D eigenvalue weighted by Crippen LogP contribution is 2.36. The fraction of sp³-hybridized carbons (Fsp3) is 0.320. The second-order valence-corrected chi connectivity index (χ2v) is 9.93. The molecule has 1 atom stereocenters. The third-order valence-corrected chi connectivity index (χ3v) is 7.57. The molecular formula is C25H27N3O4S2. The molecule has 1 fully saturated rings. The molecule has 0 radical (unpaired) electrons. The Morgan fingerprint density at radius 2 is 1.76 bits per heavy atom. The third kappa shape index (κ3) is 5.48. The summed E-state index contributed by atoms with van der Waals surface area (Å²) in [6, 6.07) is 13.5. The van der Waals surface area contributed by atoms with E-state index in [1.807, 2.05) is 23.6 Å². The van der Waals surface area contributed by atoms with E-state index >= 15 is 0 Å². The lowest BCUT2D eigenvalue weighted by atomic mass is 10.1. The first-order valence-corrected chi connectivity index (χ1v) is 12.9. The number of thiophene rings is 2. The Morgan fingerprint density at radius 1 is 1.03 bits per heavy atom. The zero-order valence-electron chi connectivity index (χ0n) is 18.9. The van der Waals surface area contributed by atoms with Crippen LogP contribution >= 0.6 is 22.7 Å². The molecule has 0 bridgehead atoms. The molecule has 4 rings (SSSR count). The van der Waals surface area contributed by atoms with Crippen LogP contribution in [0.1, 0.15) is 46.3 Å². The average molecular weight is 498 g/mol. The lowest BCUT2D eigenvalue weighted by molar-refractivity contribution is -0.126. The standard InChI is InChI=1S/C25H27N3O4S2/c1-32-19-11-5-4-10-18(19)28(22(29)16-26-24(30)21-13-7-15-34-21)23(20-12-6-14-33-20)25(31)27-17-8-2-3-9-17/h4-7,10-15,17,23H,2-3,8-9,16H2,1H3,(H,26,30)(H,27,31)/t23-/m0/s1. The van der Waals surface area contributed by atoms with Crippen molar-refractivity contribution in [1.82, 2.24) is 10.6 Å². The molecule has 0 saturated heterocycles. The highest BCUT2D eigenvalue weighted by molar-refractivity contribution is 7.12. The first-order valence-electron chi connectivity index (χ1n) is 11.2. The highest BCUT2D eigenvalue weighted by Gasteiger charge is 2.36. The van der Waals surface area contributed by atoms with Crippen molar-refractivity contribution >= 4 is 46.1 Å². The zero-order chi connectivity index (χ0) is 23.9. The molecule has 3 aromatic rings. The molecule has 0 spiro atoms. The molecule has 2 aromatic heterocycles. The largest absolute Gasteiger partial charge is 0.495 e. The van der Waals surface area contributed by atoms with Crippen LogP contribution in [0.2, 0.25) is 0 Å². The minimum atomic E-state index is -0.886. The first kappa shape index (κ1) is 24.0. The van der Waals surface area contributed by atoms with Gasteiger partial charge in [-0.15, -0.1) is 22.7 Å². The number of carbonyl (C=O) groups is 3. The van der Waals surface area contributed by atoms with E-state index in [1.54, 1.807) is 35.7 Å². The van der Waals surface area contributed by atoms with Crippen molar-refractivity contribution in [3.05, 3.63) is 69.0 Å². The topological polar surface area (TPSA) is 87.7 Å². The number of hydrogen-bond donors (Lipinski definition) is 2. The molecule has 0 aliphatic heterocycles. The van der Waals surface area contributed by atoms with Crippen LogP contribution in [0.3, 0.4) is 0 Å². The minimum Gasteiger partial charge on any atom is -0.495 e. The molecule has 1 aromatic carbocycles. The normalized spacial score (nSPS) is 14.4. The van der Waals surface area contributed by atoms with Crippen LogP contribution in [0, 0.1) is 0 Å². The van der Waals surface area contributed by atoms with Crippen LogP contribution in [-0.4, -0.2) is 37.4 Å². The Morgan fingerprint density at radius 3 is 2.44 bits per heavy atom. The number of anilines is 1. The molecule has 1 aliphatic rings. The van der Waals surface area contributed by atoms with Gasteiger partial charge in [-0.05, 0) is 47.9 Å². The molecule has 9 heteroatoms. The Kier molecular flexibility index (Phi) is 7.97. The highest BCUT2D eigenvalue weighted by atomic mass is 32.1. The van der Waals surface area contributed by atoms with Crippen LogP contribution < -0.4 is 20.3 Å². The number of para-hydroxylation sites is 2. The second kappa shape index (κ2) is 11.3. The van der Waals surface area contributed by atoms with Crippen molar-refractivity contribution in [2.75, 3.05) is 18.6 Å². The van der Waals surface area contributed by atoms with E-state index in [-0.39, 0.29) is 24.4 Å². The fourth-order valence-electron chi connectivity index (χ4n) is 4.15. The van der Waals surface area contributed by atoms with Gasteiger partial charge < -0.3 is 15.4 Å². The molecule has 34 heavy (non-hydrogen) atoms. The van der Waals surface area contributed by atoms with Gasteiger partial charge in [0.15, 0.2) is 0 Å².